The summed E-state index contributed by atoms with van der Waals surface area (Å²) in [7, 11) is 0. The van der Waals surface area contributed by atoms with Crippen molar-refractivity contribution < 1.29 is 4.39 Å². The van der Waals surface area contributed by atoms with E-state index in [0.29, 0.717) is 21.4 Å². The zero-order chi connectivity index (χ0) is 14.1. The number of rotatable bonds is 2. The van der Waals surface area contributed by atoms with Crippen molar-refractivity contribution in [1.29, 1.82) is 0 Å². The highest BCUT2D eigenvalue weighted by Crippen LogP contribution is 2.30. The molecule has 3 aromatic rings. The van der Waals surface area contributed by atoms with Crippen LogP contribution in [0, 0.1) is 5.82 Å². The summed E-state index contributed by atoms with van der Waals surface area (Å²) in [5.41, 5.74) is 2.16. The van der Waals surface area contributed by atoms with Crippen LogP contribution >= 0.6 is 23.2 Å². The zero-order valence-electron chi connectivity index (χ0n) is 10.1. The van der Waals surface area contributed by atoms with E-state index in [1.165, 1.54) is 12.1 Å². The molecule has 0 bridgehead atoms. The number of benzene rings is 2. The van der Waals surface area contributed by atoms with Gasteiger partial charge in [0, 0.05) is 10.6 Å². The molecule has 6 heteroatoms. The fraction of sp³-hybridized carbons (Fsp3) is 0. The van der Waals surface area contributed by atoms with Crippen molar-refractivity contribution in [3.8, 4) is 16.9 Å². The molecule has 0 saturated heterocycles. The molecule has 0 amide bonds. The van der Waals surface area contributed by atoms with Gasteiger partial charge >= 0.3 is 0 Å². The molecule has 0 spiro atoms. The maximum Gasteiger partial charge on any atom is 0.123 e. The zero-order valence-corrected chi connectivity index (χ0v) is 11.6. The smallest absolute Gasteiger partial charge is 0.123 e. The molecule has 20 heavy (non-hydrogen) atoms. The Bertz CT molecular complexity index is 753. The van der Waals surface area contributed by atoms with Crippen LogP contribution in [-0.2, 0) is 0 Å². The van der Waals surface area contributed by atoms with Gasteiger partial charge in [0.15, 0.2) is 0 Å². The van der Waals surface area contributed by atoms with Gasteiger partial charge in [0.2, 0.25) is 0 Å². The first-order chi connectivity index (χ1) is 9.65. The third kappa shape index (κ3) is 2.40. The SMILES string of the molecule is Fc1ccc(-n2nncc2-c2ccc(Cl)cc2Cl)cc1. The average molecular weight is 308 g/mol. The van der Waals surface area contributed by atoms with Crippen LogP contribution < -0.4 is 0 Å². The van der Waals surface area contributed by atoms with Crippen molar-refractivity contribution in [3.63, 3.8) is 0 Å². The average Bonchev–Trinajstić information content (AvgIpc) is 2.88. The highest BCUT2D eigenvalue weighted by molar-refractivity contribution is 6.36. The van der Waals surface area contributed by atoms with Gasteiger partial charge < -0.3 is 0 Å². The molecule has 0 unspecified atom stereocenters. The Morgan fingerprint density at radius 1 is 1.00 bits per heavy atom. The summed E-state index contributed by atoms with van der Waals surface area (Å²) in [4.78, 5) is 0. The maximum atomic E-state index is 13.0. The lowest BCUT2D eigenvalue weighted by Gasteiger charge is -2.08. The van der Waals surface area contributed by atoms with Crippen LogP contribution in [-0.4, -0.2) is 15.0 Å². The Labute approximate surface area is 124 Å². The number of nitrogens with zero attached hydrogens (tertiary/aromatic N) is 3. The molecule has 100 valence electrons. The van der Waals surface area contributed by atoms with Crippen LogP contribution in [0.3, 0.4) is 0 Å². The highest BCUT2D eigenvalue weighted by Gasteiger charge is 2.12. The van der Waals surface area contributed by atoms with E-state index in [1.54, 1.807) is 41.2 Å². The highest BCUT2D eigenvalue weighted by atomic mass is 35.5. The Balaban J connectivity index is 2.12. The van der Waals surface area contributed by atoms with Crippen molar-refractivity contribution >= 4 is 23.2 Å². The lowest BCUT2D eigenvalue weighted by atomic mass is 10.1. The van der Waals surface area contributed by atoms with Gasteiger partial charge in [-0.25, -0.2) is 9.07 Å². The van der Waals surface area contributed by atoms with Gasteiger partial charge in [-0.1, -0.05) is 28.4 Å². The predicted octanol–water partition coefficient (Wildman–Crippen LogP) is 4.38. The van der Waals surface area contributed by atoms with Gasteiger partial charge in [-0.05, 0) is 42.5 Å². The summed E-state index contributed by atoms with van der Waals surface area (Å²) in [5.74, 6) is -0.306. The number of hydrogen-bond acceptors (Lipinski definition) is 2. The normalized spacial score (nSPS) is 10.8. The largest absolute Gasteiger partial charge is 0.213 e. The molecular weight excluding hydrogens is 300 g/mol. The molecule has 0 atom stereocenters. The van der Waals surface area contributed by atoms with Crippen LogP contribution in [0.25, 0.3) is 16.9 Å². The molecule has 3 nitrogen and oxygen atoms in total. The quantitative estimate of drug-likeness (QED) is 0.703. The molecule has 0 fully saturated rings. The van der Waals surface area contributed by atoms with E-state index in [4.69, 9.17) is 23.2 Å². The number of hydrogen-bond donors (Lipinski definition) is 0. The van der Waals surface area contributed by atoms with Gasteiger partial charge in [0.25, 0.3) is 0 Å². The topological polar surface area (TPSA) is 30.7 Å². The van der Waals surface area contributed by atoms with Crippen molar-refractivity contribution in [2.24, 2.45) is 0 Å². The van der Waals surface area contributed by atoms with Crippen molar-refractivity contribution in [3.05, 3.63) is 64.5 Å². The second-order valence-electron chi connectivity index (χ2n) is 4.13. The van der Waals surface area contributed by atoms with Crippen LogP contribution in [0.15, 0.2) is 48.7 Å². The predicted molar refractivity (Wildman–Crippen MR) is 76.8 cm³/mol. The molecule has 1 heterocycles. The standard InChI is InChI=1S/C14H8Cl2FN3/c15-9-1-6-12(13(16)7-9)14-8-18-19-20(14)11-4-2-10(17)3-5-11/h1-8H. The molecule has 0 saturated carbocycles. The summed E-state index contributed by atoms with van der Waals surface area (Å²) in [6.45, 7) is 0. The van der Waals surface area contributed by atoms with E-state index in [-0.39, 0.29) is 5.82 Å². The summed E-state index contributed by atoms with van der Waals surface area (Å²) in [6.07, 6.45) is 1.60. The van der Waals surface area contributed by atoms with E-state index >= 15 is 0 Å². The van der Waals surface area contributed by atoms with Crippen LogP contribution in [0.2, 0.25) is 10.0 Å². The monoisotopic (exact) mass is 307 g/mol. The van der Waals surface area contributed by atoms with Gasteiger partial charge in [-0.2, -0.15) is 0 Å². The van der Waals surface area contributed by atoms with Crippen molar-refractivity contribution in [2.75, 3.05) is 0 Å². The van der Waals surface area contributed by atoms with Crippen LogP contribution in [0.1, 0.15) is 0 Å². The minimum atomic E-state index is -0.306. The Morgan fingerprint density at radius 3 is 2.45 bits per heavy atom. The molecule has 2 aromatic carbocycles. The fourth-order valence-corrected chi connectivity index (χ4v) is 2.39. The second-order valence-corrected chi connectivity index (χ2v) is 4.98. The fourth-order valence-electron chi connectivity index (χ4n) is 1.89. The second kappa shape index (κ2) is 5.23. The first kappa shape index (κ1) is 13.1. The Hall–Kier alpha value is -1.91. The molecule has 0 N–H and O–H groups in total. The number of aromatic nitrogens is 3. The van der Waals surface area contributed by atoms with Gasteiger partial charge in [-0.3, -0.25) is 0 Å². The van der Waals surface area contributed by atoms with Gasteiger partial charge in [0.1, 0.15) is 5.82 Å². The summed E-state index contributed by atoms with van der Waals surface area (Å²) in [6, 6.07) is 11.2. The Morgan fingerprint density at radius 2 is 1.75 bits per heavy atom. The first-order valence-electron chi connectivity index (χ1n) is 5.77. The minimum Gasteiger partial charge on any atom is -0.213 e. The van der Waals surface area contributed by atoms with Crippen LogP contribution in [0.4, 0.5) is 4.39 Å². The third-order valence-electron chi connectivity index (χ3n) is 2.83. The summed E-state index contributed by atoms with van der Waals surface area (Å²) >= 11 is 12.1. The molecule has 0 radical (unpaired) electrons. The maximum absolute atomic E-state index is 13.0. The number of halogens is 3. The summed E-state index contributed by atoms with van der Waals surface area (Å²) in [5, 5.41) is 8.96. The van der Waals surface area contributed by atoms with Gasteiger partial charge in [0.05, 0.1) is 22.6 Å². The van der Waals surface area contributed by atoms with E-state index in [0.717, 1.165) is 5.56 Å². The summed E-state index contributed by atoms with van der Waals surface area (Å²) < 4.78 is 14.6. The van der Waals surface area contributed by atoms with Crippen molar-refractivity contribution in [1.82, 2.24) is 15.0 Å². The molecule has 0 aliphatic carbocycles. The molecular formula is C14H8Cl2FN3. The van der Waals surface area contributed by atoms with Gasteiger partial charge in [-0.15, -0.1) is 5.10 Å². The van der Waals surface area contributed by atoms with E-state index in [2.05, 4.69) is 10.3 Å². The third-order valence-corrected chi connectivity index (χ3v) is 3.38. The molecule has 1 aromatic heterocycles. The molecule has 3 rings (SSSR count). The van der Waals surface area contributed by atoms with E-state index < -0.39 is 0 Å². The first-order valence-corrected chi connectivity index (χ1v) is 6.53. The molecule has 0 aliphatic rings. The minimum absolute atomic E-state index is 0.306. The molecule has 0 aliphatic heterocycles. The Kier molecular flexibility index (Phi) is 3.42. The van der Waals surface area contributed by atoms with E-state index in [9.17, 15) is 4.39 Å². The van der Waals surface area contributed by atoms with Crippen LogP contribution in [0.5, 0.6) is 0 Å². The van der Waals surface area contributed by atoms with E-state index in [1.807, 2.05) is 0 Å². The lowest BCUT2D eigenvalue weighted by molar-refractivity contribution is 0.627. The van der Waals surface area contributed by atoms with Crippen molar-refractivity contribution in [2.45, 2.75) is 0 Å². The lowest BCUT2D eigenvalue weighted by Crippen LogP contribution is -1.99.